The zero-order chi connectivity index (χ0) is 14.5. The van der Waals surface area contributed by atoms with Crippen molar-refractivity contribution in [2.45, 2.75) is 65.4 Å². The van der Waals surface area contributed by atoms with Crippen LogP contribution in [-0.4, -0.2) is 48.7 Å². The third-order valence-electron chi connectivity index (χ3n) is 2.90. The fourth-order valence-corrected chi connectivity index (χ4v) is 2.22. The second-order valence-corrected chi connectivity index (χ2v) is 5.66. The van der Waals surface area contributed by atoms with Crippen LogP contribution < -0.4 is 0 Å². The minimum absolute atomic E-state index is 0.0465. The molecule has 0 spiro atoms. The Labute approximate surface area is 116 Å². The molecule has 5 heteroatoms. The van der Waals surface area contributed by atoms with E-state index in [2.05, 4.69) is 0 Å². The van der Waals surface area contributed by atoms with Crippen LogP contribution in [0.4, 0.5) is 4.79 Å². The summed E-state index contributed by atoms with van der Waals surface area (Å²) < 4.78 is 16.6. The Hall–Kier alpha value is -0.810. The van der Waals surface area contributed by atoms with Gasteiger partial charge in [-0.2, -0.15) is 0 Å². The number of rotatable bonds is 5. The van der Waals surface area contributed by atoms with Crippen molar-refractivity contribution in [3.8, 4) is 0 Å². The maximum Gasteiger partial charge on any atom is 0.410 e. The fourth-order valence-electron chi connectivity index (χ4n) is 2.22. The highest BCUT2D eigenvalue weighted by atomic mass is 16.7. The van der Waals surface area contributed by atoms with Crippen LogP contribution in [0.3, 0.4) is 0 Å². The molecule has 0 N–H and O–H groups in total. The molecular weight excluding hydrogens is 246 g/mol. The highest BCUT2D eigenvalue weighted by Gasteiger charge is 2.37. The van der Waals surface area contributed by atoms with Gasteiger partial charge in [0.2, 0.25) is 0 Å². The van der Waals surface area contributed by atoms with E-state index < -0.39 is 5.60 Å². The zero-order valence-corrected chi connectivity index (χ0v) is 12.8. The van der Waals surface area contributed by atoms with E-state index in [1.54, 1.807) is 4.90 Å². The molecule has 0 aliphatic carbocycles. The number of ether oxygens (including phenoxy) is 3. The number of amides is 1. The molecular formula is C14H27NO4. The predicted molar refractivity (Wildman–Crippen MR) is 73.0 cm³/mol. The van der Waals surface area contributed by atoms with Crippen LogP contribution >= 0.6 is 0 Å². The summed E-state index contributed by atoms with van der Waals surface area (Å²) in [6.45, 7) is 11.3. The van der Waals surface area contributed by atoms with E-state index in [0.29, 0.717) is 19.8 Å². The highest BCUT2D eigenvalue weighted by molar-refractivity contribution is 5.69. The summed E-state index contributed by atoms with van der Waals surface area (Å²) in [7, 11) is 0. The Morgan fingerprint density at radius 1 is 1.26 bits per heavy atom. The molecule has 1 fully saturated rings. The summed E-state index contributed by atoms with van der Waals surface area (Å²) in [6, 6.07) is -0.0465. The molecule has 0 aromatic heterocycles. The van der Waals surface area contributed by atoms with Crippen molar-refractivity contribution in [2.75, 3.05) is 19.8 Å². The Morgan fingerprint density at radius 3 is 2.32 bits per heavy atom. The van der Waals surface area contributed by atoms with Crippen molar-refractivity contribution in [2.24, 2.45) is 0 Å². The van der Waals surface area contributed by atoms with Crippen molar-refractivity contribution in [3.63, 3.8) is 0 Å². The topological polar surface area (TPSA) is 48.0 Å². The minimum Gasteiger partial charge on any atom is -0.444 e. The predicted octanol–water partition coefficient (Wildman–Crippen LogP) is 2.79. The van der Waals surface area contributed by atoms with Crippen molar-refractivity contribution in [1.29, 1.82) is 0 Å². The van der Waals surface area contributed by atoms with Crippen LogP contribution in [-0.2, 0) is 14.2 Å². The summed E-state index contributed by atoms with van der Waals surface area (Å²) in [5.41, 5.74) is -0.475. The van der Waals surface area contributed by atoms with Gasteiger partial charge >= 0.3 is 6.09 Å². The summed E-state index contributed by atoms with van der Waals surface area (Å²) in [5, 5.41) is 0. The van der Waals surface area contributed by atoms with Crippen LogP contribution in [0.25, 0.3) is 0 Å². The first kappa shape index (κ1) is 16.2. The molecule has 0 aromatic carbocycles. The van der Waals surface area contributed by atoms with Crippen LogP contribution in [0.15, 0.2) is 0 Å². The van der Waals surface area contributed by atoms with E-state index in [9.17, 15) is 4.79 Å². The Balaban J connectivity index is 2.68. The fraction of sp³-hybridized carbons (Fsp3) is 0.929. The molecule has 1 saturated heterocycles. The van der Waals surface area contributed by atoms with Gasteiger partial charge in [0.15, 0.2) is 6.29 Å². The summed E-state index contributed by atoms with van der Waals surface area (Å²) in [5.74, 6) is 0. The Kier molecular flexibility index (Phi) is 6.07. The normalized spacial score (nSPS) is 20.1. The molecule has 19 heavy (non-hydrogen) atoms. The average Bonchev–Trinajstić information content (AvgIpc) is 2.75. The summed E-state index contributed by atoms with van der Waals surface area (Å²) in [4.78, 5) is 13.9. The second kappa shape index (κ2) is 7.10. The molecule has 1 aliphatic rings. The van der Waals surface area contributed by atoms with Gasteiger partial charge in [0.05, 0.1) is 6.04 Å². The lowest BCUT2D eigenvalue weighted by Crippen LogP contribution is -2.47. The van der Waals surface area contributed by atoms with E-state index in [4.69, 9.17) is 14.2 Å². The van der Waals surface area contributed by atoms with Crippen molar-refractivity contribution in [1.82, 2.24) is 4.90 Å². The van der Waals surface area contributed by atoms with Gasteiger partial charge in [0.25, 0.3) is 0 Å². The molecule has 0 radical (unpaired) electrons. The van der Waals surface area contributed by atoms with E-state index in [-0.39, 0.29) is 18.4 Å². The van der Waals surface area contributed by atoms with E-state index in [1.807, 2.05) is 34.6 Å². The van der Waals surface area contributed by atoms with Gasteiger partial charge in [-0.1, -0.05) is 0 Å². The number of nitrogens with zero attached hydrogens (tertiary/aromatic N) is 1. The number of likely N-dealkylation sites (tertiary alicyclic amines) is 1. The van der Waals surface area contributed by atoms with Gasteiger partial charge < -0.3 is 19.1 Å². The number of hydrogen-bond acceptors (Lipinski definition) is 4. The van der Waals surface area contributed by atoms with E-state index >= 15 is 0 Å². The van der Waals surface area contributed by atoms with Gasteiger partial charge in [0, 0.05) is 19.8 Å². The standard InChI is InChI=1S/C14H27NO4/c1-6-17-12(18-7-2)11-9-8-10-15(11)13(16)19-14(3,4)5/h11-12H,6-10H2,1-5H3/t11-/m0/s1. The molecule has 112 valence electrons. The SMILES string of the molecule is CCOC(OCC)[C@@H]1CCCN1C(=O)OC(C)(C)C. The van der Waals surface area contributed by atoms with Gasteiger partial charge in [-0.15, -0.1) is 0 Å². The monoisotopic (exact) mass is 273 g/mol. The quantitative estimate of drug-likeness (QED) is 0.723. The first-order chi connectivity index (χ1) is 8.89. The molecule has 1 aliphatic heterocycles. The Morgan fingerprint density at radius 2 is 1.84 bits per heavy atom. The van der Waals surface area contributed by atoms with Gasteiger partial charge in [0.1, 0.15) is 5.60 Å². The lowest BCUT2D eigenvalue weighted by molar-refractivity contribution is -0.166. The molecule has 1 heterocycles. The minimum atomic E-state index is -0.475. The Bertz CT molecular complexity index is 282. The molecule has 1 amide bonds. The van der Waals surface area contributed by atoms with Gasteiger partial charge in [-0.25, -0.2) is 4.79 Å². The summed E-state index contributed by atoms with van der Waals surface area (Å²) in [6.07, 6.45) is 1.22. The van der Waals surface area contributed by atoms with Crippen molar-refractivity contribution < 1.29 is 19.0 Å². The number of hydrogen-bond donors (Lipinski definition) is 0. The third-order valence-corrected chi connectivity index (χ3v) is 2.90. The number of carbonyl (C=O) groups excluding carboxylic acids is 1. The number of carbonyl (C=O) groups is 1. The van der Waals surface area contributed by atoms with Crippen LogP contribution in [0.1, 0.15) is 47.5 Å². The maximum atomic E-state index is 12.2. The van der Waals surface area contributed by atoms with Crippen molar-refractivity contribution >= 4 is 6.09 Å². The molecule has 0 saturated carbocycles. The molecule has 5 nitrogen and oxygen atoms in total. The molecule has 1 atom stereocenters. The highest BCUT2D eigenvalue weighted by Crippen LogP contribution is 2.25. The first-order valence-electron chi connectivity index (χ1n) is 7.11. The second-order valence-electron chi connectivity index (χ2n) is 5.66. The third kappa shape index (κ3) is 4.99. The smallest absolute Gasteiger partial charge is 0.410 e. The molecule has 0 bridgehead atoms. The molecule has 0 unspecified atom stereocenters. The van der Waals surface area contributed by atoms with Crippen molar-refractivity contribution in [3.05, 3.63) is 0 Å². The molecule has 0 aromatic rings. The van der Waals surface area contributed by atoms with Gasteiger partial charge in [-0.3, -0.25) is 0 Å². The largest absolute Gasteiger partial charge is 0.444 e. The average molecular weight is 273 g/mol. The van der Waals surface area contributed by atoms with Gasteiger partial charge in [-0.05, 0) is 47.5 Å². The maximum absolute atomic E-state index is 12.2. The molecule has 1 rings (SSSR count). The summed E-state index contributed by atoms with van der Waals surface area (Å²) >= 11 is 0. The van der Waals surface area contributed by atoms with E-state index in [0.717, 1.165) is 12.8 Å². The van der Waals surface area contributed by atoms with Crippen LogP contribution in [0.5, 0.6) is 0 Å². The lowest BCUT2D eigenvalue weighted by atomic mass is 10.2. The lowest BCUT2D eigenvalue weighted by Gasteiger charge is -2.32. The van der Waals surface area contributed by atoms with E-state index in [1.165, 1.54) is 0 Å². The van der Waals surface area contributed by atoms with Crippen LogP contribution in [0, 0.1) is 0 Å². The zero-order valence-electron chi connectivity index (χ0n) is 12.8. The first-order valence-corrected chi connectivity index (χ1v) is 7.11. The van der Waals surface area contributed by atoms with Crippen LogP contribution in [0.2, 0.25) is 0 Å².